The molecule has 0 unspecified atom stereocenters. The molecule has 3 aromatic rings. The zero-order valence-electron chi connectivity index (χ0n) is 13.9. The van der Waals surface area contributed by atoms with Crippen molar-refractivity contribution in [2.75, 3.05) is 11.1 Å². The molecule has 0 fully saturated rings. The van der Waals surface area contributed by atoms with Gasteiger partial charge in [-0.15, -0.1) is 11.3 Å². The third kappa shape index (κ3) is 4.24. The van der Waals surface area contributed by atoms with Crippen LogP contribution >= 0.6 is 46.0 Å². The second kappa shape index (κ2) is 8.18. The minimum atomic E-state index is -0.237. The van der Waals surface area contributed by atoms with Gasteiger partial charge < -0.3 is 0 Å². The fourth-order valence-electron chi connectivity index (χ4n) is 2.17. The number of anilines is 1. The van der Waals surface area contributed by atoms with Crippen LogP contribution in [0.25, 0.3) is 10.6 Å². The number of aryl methyl sites for hydroxylation is 2. The van der Waals surface area contributed by atoms with Crippen LogP contribution in [-0.2, 0) is 0 Å². The van der Waals surface area contributed by atoms with Gasteiger partial charge in [-0.3, -0.25) is 10.1 Å². The maximum atomic E-state index is 12.6. The van der Waals surface area contributed by atoms with Gasteiger partial charge in [0, 0.05) is 10.6 Å². The van der Waals surface area contributed by atoms with Gasteiger partial charge in [-0.05, 0) is 26.0 Å². The molecule has 1 N–H and O–H groups in total. The third-order valence-electron chi connectivity index (χ3n) is 3.32. The van der Waals surface area contributed by atoms with Crippen molar-refractivity contribution in [1.82, 2.24) is 9.97 Å². The first-order valence-electron chi connectivity index (χ1n) is 7.50. The lowest BCUT2D eigenvalue weighted by atomic mass is 10.2. The SMILES string of the molecule is Cc1nc(NC(=O)c2sc(-c3cccc(Cl)c3)nc2C)sc1SCC#N. The lowest BCUT2D eigenvalue weighted by molar-refractivity contribution is 0.103. The number of hydrogen-bond acceptors (Lipinski definition) is 7. The number of rotatable bonds is 5. The molecule has 0 atom stereocenters. The highest BCUT2D eigenvalue weighted by molar-refractivity contribution is 8.01. The number of halogens is 1. The zero-order chi connectivity index (χ0) is 18.7. The monoisotopic (exact) mass is 420 g/mol. The molecule has 1 amide bonds. The number of carbonyl (C=O) groups is 1. The number of amides is 1. The lowest BCUT2D eigenvalue weighted by Crippen LogP contribution is -2.11. The molecule has 26 heavy (non-hydrogen) atoms. The molecule has 5 nitrogen and oxygen atoms in total. The van der Waals surface area contributed by atoms with Gasteiger partial charge in [-0.1, -0.05) is 46.8 Å². The number of nitrogens with one attached hydrogen (secondary N) is 1. The van der Waals surface area contributed by atoms with Gasteiger partial charge in [0.05, 0.1) is 27.4 Å². The van der Waals surface area contributed by atoms with Crippen molar-refractivity contribution in [3.05, 3.63) is 45.6 Å². The Morgan fingerprint density at radius 2 is 2.12 bits per heavy atom. The second-order valence-electron chi connectivity index (χ2n) is 5.24. The molecule has 3 rings (SSSR count). The van der Waals surface area contributed by atoms with Gasteiger partial charge in [0.1, 0.15) is 9.88 Å². The number of hydrogen-bond donors (Lipinski definition) is 1. The van der Waals surface area contributed by atoms with E-state index in [2.05, 4.69) is 21.4 Å². The normalized spacial score (nSPS) is 10.5. The van der Waals surface area contributed by atoms with Crippen LogP contribution in [0.3, 0.4) is 0 Å². The molecule has 1 aromatic carbocycles. The number of nitriles is 1. The van der Waals surface area contributed by atoms with Crippen molar-refractivity contribution in [1.29, 1.82) is 5.26 Å². The van der Waals surface area contributed by atoms with E-state index in [1.807, 2.05) is 25.1 Å². The lowest BCUT2D eigenvalue weighted by Gasteiger charge is -1.99. The predicted octanol–water partition coefficient (Wildman–Crippen LogP) is 5.40. The molecule has 0 radical (unpaired) electrons. The first-order chi connectivity index (χ1) is 12.5. The highest BCUT2D eigenvalue weighted by atomic mass is 35.5. The third-order valence-corrected chi connectivity index (χ3v) is 7.06. The van der Waals surface area contributed by atoms with Crippen molar-refractivity contribution in [3.63, 3.8) is 0 Å². The molecule has 0 aliphatic heterocycles. The van der Waals surface area contributed by atoms with Gasteiger partial charge in [-0.2, -0.15) is 5.26 Å². The van der Waals surface area contributed by atoms with Gasteiger partial charge in [0.15, 0.2) is 5.13 Å². The molecule has 0 bridgehead atoms. The van der Waals surface area contributed by atoms with Gasteiger partial charge >= 0.3 is 0 Å². The molecule has 0 aliphatic carbocycles. The molecular formula is C17H13ClN4OS3. The largest absolute Gasteiger partial charge is 0.297 e. The van der Waals surface area contributed by atoms with Crippen molar-refractivity contribution >= 4 is 57.1 Å². The number of thiazole rings is 2. The van der Waals surface area contributed by atoms with E-state index in [1.54, 1.807) is 13.0 Å². The summed E-state index contributed by atoms with van der Waals surface area (Å²) in [7, 11) is 0. The van der Waals surface area contributed by atoms with Crippen molar-refractivity contribution in [3.8, 4) is 16.6 Å². The summed E-state index contributed by atoms with van der Waals surface area (Å²) in [4.78, 5) is 22.0. The predicted molar refractivity (Wildman–Crippen MR) is 108 cm³/mol. The Kier molecular flexibility index (Phi) is 5.94. The van der Waals surface area contributed by atoms with Crippen molar-refractivity contribution in [2.45, 2.75) is 18.1 Å². The van der Waals surface area contributed by atoms with E-state index in [-0.39, 0.29) is 5.91 Å². The smallest absolute Gasteiger partial charge is 0.269 e. The first kappa shape index (κ1) is 18.9. The van der Waals surface area contributed by atoms with Crippen LogP contribution in [0.2, 0.25) is 5.02 Å². The van der Waals surface area contributed by atoms with Gasteiger partial charge in [0.25, 0.3) is 5.91 Å². The summed E-state index contributed by atoms with van der Waals surface area (Å²) in [5, 5.41) is 13.4. The molecule has 2 aromatic heterocycles. The Morgan fingerprint density at radius 1 is 1.31 bits per heavy atom. The van der Waals surface area contributed by atoms with Crippen molar-refractivity contribution in [2.24, 2.45) is 0 Å². The van der Waals surface area contributed by atoms with Gasteiger partial charge in [-0.25, -0.2) is 9.97 Å². The summed E-state index contributed by atoms with van der Waals surface area (Å²) in [6.07, 6.45) is 0. The summed E-state index contributed by atoms with van der Waals surface area (Å²) in [5.41, 5.74) is 2.35. The molecule has 2 heterocycles. The molecule has 9 heteroatoms. The Bertz CT molecular complexity index is 1010. The highest BCUT2D eigenvalue weighted by Gasteiger charge is 2.18. The van der Waals surface area contributed by atoms with Gasteiger partial charge in [0.2, 0.25) is 0 Å². The first-order valence-corrected chi connectivity index (χ1v) is 10.5. The molecule has 0 saturated heterocycles. The molecule has 0 saturated carbocycles. The molecule has 132 valence electrons. The van der Waals surface area contributed by atoms with E-state index in [9.17, 15) is 4.79 Å². The maximum Gasteiger partial charge on any atom is 0.269 e. The van der Waals surface area contributed by atoms with Crippen LogP contribution < -0.4 is 5.32 Å². The standard InChI is InChI=1S/C17H13ClN4OS3/c1-9-13(25-15(20-9)11-4-3-5-12(18)8-11)14(23)22-17-21-10(2)16(26-17)24-7-6-19/h3-5,8H,7H2,1-2H3,(H,21,22,23). The fraction of sp³-hybridized carbons (Fsp3) is 0.176. The van der Waals surface area contributed by atoms with Crippen molar-refractivity contribution < 1.29 is 4.79 Å². The summed E-state index contributed by atoms with van der Waals surface area (Å²) in [6.45, 7) is 3.67. The summed E-state index contributed by atoms with van der Waals surface area (Å²) < 4.78 is 0.933. The van der Waals surface area contributed by atoms with E-state index in [4.69, 9.17) is 16.9 Å². The Balaban J connectivity index is 1.80. The Hall–Kier alpha value is -1.92. The summed E-state index contributed by atoms with van der Waals surface area (Å²) in [5.74, 6) is 0.117. The van der Waals surface area contributed by atoms with E-state index < -0.39 is 0 Å². The summed E-state index contributed by atoms with van der Waals surface area (Å²) >= 11 is 10.1. The van der Waals surface area contributed by atoms with Crippen LogP contribution in [0.5, 0.6) is 0 Å². The van der Waals surface area contributed by atoms with Crippen LogP contribution in [-0.4, -0.2) is 21.6 Å². The van der Waals surface area contributed by atoms with E-state index in [0.717, 1.165) is 20.5 Å². The minimum absolute atomic E-state index is 0.237. The number of aromatic nitrogens is 2. The number of nitrogens with zero attached hydrogens (tertiary/aromatic N) is 3. The van der Waals surface area contributed by atoms with Crippen LogP contribution in [0, 0.1) is 25.2 Å². The molecular weight excluding hydrogens is 408 g/mol. The minimum Gasteiger partial charge on any atom is -0.297 e. The Labute approximate surface area is 168 Å². The van der Waals surface area contributed by atoms with Crippen LogP contribution in [0.4, 0.5) is 5.13 Å². The number of thioether (sulfide) groups is 1. The molecule has 0 spiro atoms. The van der Waals surface area contributed by atoms with E-state index in [0.29, 0.717) is 26.5 Å². The van der Waals surface area contributed by atoms with E-state index >= 15 is 0 Å². The average Bonchev–Trinajstić information content (AvgIpc) is 3.15. The topological polar surface area (TPSA) is 78.7 Å². The maximum absolute atomic E-state index is 12.6. The number of benzene rings is 1. The molecule has 0 aliphatic rings. The zero-order valence-corrected chi connectivity index (χ0v) is 17.1. The highest BCUT2D eigenvalue weighted by Crippen LogP contribution is 2.33. The van der Waals surface area contributed by atoms with Crippen LogP contribution in [0.1, 0.15) is 21.1 Å². The fourth-order valence-corrected chi connectivity index (χ4v) is 5.12. The number of carbonyl (C=O) groups excluding carboxylic acids is 1. The van der Waals surface area contributed by atoms with E-state index in [1.165, 1.54) is 34.4 Å². The quantitative estimate of drug-likeness (QED) is 0.558. The summed E-state index contributed by atoms with van der Waals surface area (Å²) in [6, 6.07) is 9.47. The second-order valence-corrected chi connectivity index (χ2v) is 8.92. The average molecular weight is 421 g/mol. The van der Waals surface area contributed by atoms with Crippen LogP contribution in [0.15, 0.2) is 28.5 Å². The Morgan fingerprint density at radius 3 is 2.85 bits per heavy atom.